The van der Waals surface area contributed by atoms with Crippen LogP contribution in [0.2, 0.25) is 0 Å². The van der Waals surface area contributed by atoms with Crippen molar-refractivity contribution in [3.8, 4) is 0 Å². The van der Waals surface area contributed by atoms with Crippen LogP contribution >= 0.6 is 0 Å². The Labute approximate surface area is 185 Å². The lowest BCUT2D eigenvalue weighted by Gasteiger charge is -2.15. The van der Waals surface area contributed by atoms with Crippen LogP contribution in [0.5, 0.6) is 0 Å². The van der Waals surface area contributed by atoms with Crippen LogP contribution in [0.1, 0.15) is 65.6 Å². The van der Waals surface area contributed by atoms with Gasteiger partial charge >= 0.3 is 0 Å². The lowest BCUT2D eigenvalue weighted by Crippen LogP contribution is -2.29. The predicted octanol–water partition coefficient (Wildman–Crippen LogP) is 4.37. The molecule has 0 bridgehead atoms. The zero-order valence-corrected chi connectivity index (χ0v) is 18.3. The predicted molar refractivity (Wildman–Crippen MR) is 122 cm³/mol. The fourth-order valence-corrected chi connectivity index (χ4v) is 4.93. The van der Waals surface area contributed by atoms with Gasteiger partial charge in [-0.25, -0.2) is 0 Å². The number of nitrogens with zero attached hydrogens (tertiary/aromatic N) is 1. The molecule has 1 heterocycles. The first-order valence-corrected chi connectivity index (χ1v) is 11.7. The minimum atomic E-state index is -0.426. The summed E-state index contributed by atoms with van der Waals surface area (Å²) in [6.45, 7) is 1.73. The van der Waals surface area contributed by atoms with Gasteiger partial charge in [0, 0.05) is 25.1 Å². The standard InChI is InChI=1S/C27H33NO3/c29-25(12-9-21-17-23-5-1-2-6-24(23)18-21)13-14-26(30)22-10-7-20(8-11-22)19-27(31)28-15-3-4-16-28/h1-2,5-8,10-11,21,25,29H,3-4,9,12-19H2/t25-/m0/s1. The molecule has 0 spiro atoms. The molecule has 0 radical (unpaired) electrons. The van der Waals surface area contributed by atoms with Gasteiger partial charge in [0.25, 0.3) is 0 Å². The number of hydrogen-bond donors (Lipinski definition) is 1. The Morgan fingerprint density at radius 3 is 2.23 bits per heavy atom. The summed E-state index contributed by atoms with van der Waals surface area (Å²) in [4.78, 5) is 26.7. The molecular weight excluding hydrogens is 386 g/mol. The third-order valence-corrected chi connectivity index (χ3v) is 6.84. The Hall–Kier alpha value is -2.46. The largest absolute Gasteiger partial charge is 0.393 e. The molecule has 0 saturated carbocycles. The number of likely N-dealkylation sites (tertiary alicyclic amines) is 1. The number of carbonyl (C=O) groups excluding carboxylic acids is 2. The maximum Gasteiger partial charge on any atom is 0.226 e. The number of ketones is 1. The van der Waals surface area contributed by atoms with E-state index in [2.05, 4.69) is 24.3 Å². The molecule has 2 aromatic carbocycles. The van der Waals surface area contributed by atoms with Gasteiger partial charge in [0.15, 0.2) is 5.78 Å². The van der Waals surface area contributed by atoms with Crippen molar-refractivity contribution in [3.05, 3.63) is 70.8 Å². The molecule has 164 valence electrons. The van der Waals surface area contributed by atoms with Crippen LogP contribution in [0.4, 0.5) is 0 Å². The summed E-state index contributed by atoms with van der Waals surface area (Å²) in [6.07, 6.45) is 7.00. The number of carbonyl (C=O) groups is 2. The average molecular weight is 420 g/mol. The van der Waals surface area contributed by atoms with Gasteiger partial charge in [0.1, 0.15) is 0 Å². The summed E-state index contributed by atoms with van der Waals surface area (Å²) < 4.78 is 0. The molecule has 31 heavy (non-hydrogen) atoms. The van der Waals surface area contributed by atoms with Crippen molar-refractivity contribution in [2.45, 2.75) is 63.9 Å². The summed E-state index contributed by atoms with van der Waals surface area (Å²) in [5, 5.41) is 10.4. The van der Waals surface area contributed by atoms with Gasteiger partial charge in [-0.3, -0.25) is 9.59 Å². The third kappa shape index (κ3) is 5.82. The van der Waals surface area contributed by atoms with Crippen LogP contribution in [-0.2, 0) is 24.1 Å². The van der Waals surface area contributed by atoms with E-state index in [1.807, 2.05) is 29.2 Å². The fraction of sp³-hybridized carbons (Fsp3) is 0.481. The maximum absolute atomic E-state index is 12.5. The van der Waals surface area contributed by atoms with Crippen molar-refractivity contribution < 1.29 is 14.7 Å². The SMILES string of the molecule is O=C(CC[C@@H](O)CCC1Cc2ccccc2C1)c1ccc(CC(=O)N2CCCC2)cc1. The summed E-state index contributed by atoms with van der Waals surface area (Å²) >= 11 is 0. The Morgan fingerprint density at radius 1 is 0.935 bits per heavy atom. The molecule has 0 aromatic heterocycles. The minimum Gasteiger partial charge on any atom is -0.393 e. The van der Waals surface area contributed by atoms with Crippen molar-refractivity contribution in [3.63, 3.8) is 0 Å². The van der Waals surface area contributed by atoms with E-state index < -0.39 is 6.10 Å². The van der Waals surface area contributed by atoms with E-state index in [1.165, 1.54) is 11.1 Å². The molecule has 2 aromatic rings. The topological polar surface area (TPSA) is 57.6 Å². The highest BCUT2D eigenvalue weighted by molar-refractivity contribution is 5.96. The number of hydrogen-bond acceptors (Lipinski definition) is 3. The first kappa shape index (κ1) is 21.8. The third-order valence-electron chi connectivity index (χ3n) is 6.84. The van der Waals surface area contributed by atoms with Crippen molar-refractivity contribution in [1.29, 1.82) is 0 Å². The normalized spacial score (nSPS) is 17.0. The van der Waals surface area contributed by atoms with E-state index in [0.29, 0.717) is 30.7 Å². The van der Waals surface area contributed by atoms with E-state index in [0.717, 1.165) is 57.2 Å². The molecule has 1 atom stereocenters. The highest BCUT2D eigenvalue weighted by atomic mass is 16.3. The second-order valence-corrected chi connectivity index (χ2v) is 9.20. The smallest absolute Gasteiger partial charge is 0.226 e. The molecule has 1 fully saturated rings. The zero-order valence-electron chi connectivity index (χ0n) is 18.3. The van der Waals surface area contributed by atoms with E-state index >= 15 is 0 Å². The number of fused-ring (bicyclic) bond motifs is 1. The summed E-state index contributed by atoms with van der Waals surface area (Å²) in [6, 6.07) is 16.0. The van der Waals surface area contributed by atoms with E-state index in [-0.39, 0.29) is 11.7 Å². The van der Waals surface area contributed by atoms with Crippen molar-refractivity contribution in [1.82, 2.24) is 4.90 Å². The van der Waals surface area contributed by atoms with E-state index in [9.17, 15) is 14.7 Å². The molecule has 1 N–H and O–H groups in total. The second-order valence-electron chi connectivity index (χ2n) is 9.20. The Kier molecular flexibility index (Phi) is 7.18. The Bertz CT molecular complexity index is 874. The molecule has 1 aliphatic carbocycles. The number of benzene rings is 2. The summed E-state index contributed by atoms with van der Waals surface area (Å²) in [5.41, 5.74) is 4.51. The lowest BCUT2D eigenvalue weighted by molar-refractivity contribution is -0.129. The summed E-state index contributed by atoms with van der Waals surface area (Å²) in [5.74, 6) is 0.841. The highest BCUT2D eigenvalue weighted by Crippen LogP contribution is 2.30. The first-order chi connectivity index (χ1) is 15.1. The van der Waals surface area contributed by atoms with Crippen LogP contribution in [0.25, 0.3) is 0 Å². The van der Waals surface area contributed by atoms with Gasteiger partial charge < -0.3 is 10.0 Å². The average Bonchev–Trinajstić information content (AvgIpc) is 3.46. The molecule has 1 saturated heterocycles. The molecule has 4 heteroatoms. The first-order valence-electron chi connectivity index (χ1n) is 11.7. The van der Waals surface area contributed by atoms with Crippen LogP contribution in [0, 0.1) is 5.92 Å². The minimum absolute atomic E-state index is 0.0599. The van der Waals surface area contributed by atoms with E-state index in [4.69, 9.17) is 0 Å². The molecule has 1 amide bonds. The molecule has 2 aliphatic rings. The van der Waals surface area contributed by atoms with Gasteiger partial charge in [-0.2, -0.15) is 0 Å². The van der Waals surface area contributed by atoms with Crippen molar-refractivity contribution in [2.24, 2.45) is 5.92 Å². The molecule has 4 nitrogen and oxygen atoms in total. The lowest BCUT2D eigenvalue weighted by atomic mass is 9.95. The van der Waals surface area contributed by atoms with Gasteiger partial charge in [-0.05, 0) is 67.6 Å². The number of rotatable bonds is 9. The Balaban J connectivity index is 1.17. The Morgan fingerprint density at radius 2 is 1.58 bits per heavy atom. The fourth-order valence-electron chi connectivity index (χ4n) is 4.93. The van der Waals surface area contributed by atoms with Crippen LogP contribution < -0.4 is 0 Å². The van der Waals surface area contributed by atoms with Gasteiger partial charge in [0.2, 0.25) is 5.91 Å². The van der Waals surface area contributed by atoms with Crippen LogP contribution in [-0.4, -0.2) is 40.9 Å². The van der Waals surface area contributed by atoms with Gasteiger partial charge in [-0.15, -0.1) is 0 Å². The highest BCUT2D eigenvalue weighted by Gasteiger charge is 2.22. The maximum atomic E-state index is 12.5. The molecule has 0 unspecified atom stereocenters. The molecule has 1 aliphatic heterocycles. The quantitative estimate of drug-likeness (QED) is 0.614. The number of aliphatic hydroxyl groups is 1. The molecule has 4 rings (SSSR count). The zero-order chi connectivity index (χ0) is 21.6. The van der Waals surface area contributed by atoms with Crippen molar-refractivity contribution in [2.75, 3.05) is 13.1 Å². The second kappa shape index (κ2) is 10.2. The van der Waals surface area contributed by atoms with Gasteiger partial charge in [-0.1, -0.05) is 48.5 Å². The summed E-state index contributed by atoms with van der Waals surface area (Å²) in [7, 11) is 0. The number of aliphatic hydroxyl groups excluding tert-OH is 1. The van der Waals surface area contributed by atoms with Crippen LogP contribution in [0.3, 0.4) is 0 Å². The van der Waals surface area contributed by atoms with E-state index in [1.54, 1.807) is 0 Å². The number of amides is 1. The molecular formula is C27H33NO3. The van der Waals surface area contributed by atoms with Crippen molar-refractivity contribution >= 4 is 11.7 Å². The number of Topliss-reactive ketones (excluding diaryl/α,β-unsaturated/α-hetero) is 1. The van der Waals surface area contributed by atoms with Crippen LogP contribution in [0.15, 0.2) is 48.5 Å². The van der Waals surface area contributed by atoms with Gasteiger partial charge in [0.05, 0.1) is 12.5 Å². The monoisotopic (exact) mass is 419 g/mol.